The van der Waals surface area contributed by atoms with E-state index in [9.17, 15) is 4.79 Å². The van der Waals surface area contributed by atoms with Crippen molar-refractivity contribution in [2.24, 2.45) is 0 Å². The fourth-order valence-electron chi connectivity index (χ4n) is 3.21. The maximum Gasteiger partial charge on any atom is 0.316 e. The number of rotatable bonds is 13. The summed E-state index contributed by atoms with van der Waals surface area (Å²) < 4.78 is 7.49. The smallest absolute Gasteiger partial charge is 0.316 e. The maximum absolute atomic E-state index is 12.3. The Labute approximate surface area is 172 Å². The minimum atomic E-state index is -0.161. The Morgan fingerprint density at radius 2 is 1.79 bits per heavy atom. The molecule has 0 aromatic carbocycles. The van der Waals surface area contributed by atoms with Crippen molar-refractivity contribution < 1.29 is 4.74 Å². The Morgan fingerprint density at radius 1 is 1.11 bits per heavy atom. The number of nitrogens with one attached hydrogen (secondary N) is 1. The van der Waals surface area contributed by atoms with Crippen LogP contribution in [0, 0.1) is 4.77 Å². The normalized spacial score (nSPS) is 10.9. The zero-order valence-corrected chi connectivity index (χ0v) is 17.9. The first-order valence-corrected chi connectivity index (χ1v) is 10.7. The average molecular weight is 405 g/mol. The molecule has 0 saturated carbocycles. The van der Waals surface area contributed by atoms with Crippen LogP contribution in [0.25, 0.3) is 0 Å². The van der Waals surface area contributed by atoms with E-state index in [4.69, 9.17) is 17.0 Å². The lowest BCUT2D eigenvalue weighted by Crippen LogP contribution is -2.19. The third-order valence-electron chi connectivity index (χ3n) is 4.83. The van der Waals surface area contributed by atoms with Gasteiger partial charge in [-0.1, -0.05) is 58.3 Å². The van der Waals surface area contributed by atoms with Crippen molar-refractivity contribution in [1.29, 1.82) is 0 Å². The van der Waals surface area contributed by atoms with Gasteiger partial charge in [-0.2, -0.15) is 4.98 Å². The van der Waals surface area contributed by atoms with E-state index in [2.05, 4.69) is 21.9 Å². The Kier molecular flexibility index (Phi) is 9.90. The fourth-order valence-corrected chi connectivity index (χ4v) is 3.44. The molecule has 0 fully saturated rings. The molecule has 0 bridgehead atoms. The van der Waals surface area contributed by atoms with Crippen LogP contribution >= 0.6 is 12.2 Å². The molecule has 154 valence electrons. The van der Waals surface area contributed by atoms with E-state index in [0.29, 0.717) is 22.8 Å². The van der Waals surface area contributed by atoms with Gasteiger partial charge in [0.05, 0.1) is 12.8 Å². The Balaban J connectivity index is 1.85. The summed E-state index contributed by atoms with van der Waals surface area (Å²) in [6, 6.07) is 2.09. The summed E-state index contributed by atoms with van der Waals surface area (Å²) in [6.07, 6.45) is 15.4. The van der Waals surface area contributed by atoms with E-state index in [1.807, 2.05) is 10.8 Å². The van der Waals surface area contributed by atoms with Crippen molar-refractivity contribution in [2.45, 2.75) is 77.7 Å². The van der Waals surface area contributed by atoms with Crippen LogP contribution in [0.4, 0.5) is 0 Å². The van der Waals surface area contributed by atoms with Crippen LogP contribution in [-0.4, -0.2) is 26.6 Å². The number of methoxy groups -OCH3 is 1. The predicted molar refractivity (Wildman–Crippen MR) is 115 cm³/mol. The van der Waals surface area contributed by atoms with Crippen LogP contribution in [0.2, 0.25) is 0 Å². The van der Waals surface area contributed by atoms with E-state index < -0.39 is 0 Å². The van der Waals surface area contributed by atoms with E-state index in [0.717, 1.165) is 18.7 Å². The van der Waals surface area contributed by atoms with E-state index in [1.165, 1.54) is 58.5 Å². The zero-order chi connectivity index (χ0) is 20.2. The van der Waals surface area contributed by atoms with Crippen molar-refractivity contribution in [1.82, 2.24) is 19.5 Å². The number of hydrogen-bond donors (Lipinski definition) is 1. The van der Waals surface area contributed by atoms with Crippen LogP contribution in [0.15, 0.2) is 23.3 Å². The third-order valence-corrected chi connectivity index (χ3v) is 5.17. The molecule has 28 heavy (non-hydrogen) atoms. The standard InChI is InChI=1S/C21H32N4O2S/c1-3-4-5-6-7-8-9-10-11-14-25-16-17(19(26)24-21(25)28)15-18-12-13-22-20(23-18)27-2/h12-13,16H,3-11,14-15H2,1-2H3,(H,24,26,28). The summed E-state index contributed by atoms with van der Waals surface area (Å²) in [4.78, 5) is 23.3. The van der Waals surface area contributed by atoms with Crippen LogP contribution in [0.5, 0.6) is 6.01 Å². The van der Waals surface area contributed by atoms with Crippen LogP contribution < -0.4 is 10.3 Å². The van der Waals surface area contributed by atoms with Gasteiger partial charge in [-0.25, -0.2) is 4.98 Å². The van der Waals surface area contributed by atoms with Crippen LogP contribution in [0.3, 0.4) is 0 Å². The van der Waals surface area contributed by atoms with Gasteiger partial charge in [0.15, 0.2) is 4.77 Å². The second-order valence-corrected chi connectivity index (χ2v) is 7.53. The molecule has 0 aliphatic rings. The zero-order valence-electron chi connectivity index (χ0n) is 17.1. The number of aromatic amines is 1. The van der Waals surface area contributed by atoms with E-state index >= 15 is 0 Å². The number of nitrogens with zero attached hydrogens (tertiary/aromatic N) is 3. The van der Waals surface area contributed by atoms with Gasteiger partial charge in [-0.15, -0.1) is 0 Å². The Hall–Kier alpha value is -2.02. The second kappa shape index (κ2) is 12.4. The molecule has 0 aliphatic carbocycles. The highest BCUT2D eigenvalue weighted by Crippen LogP contribution is 2.11. The molecule has 0 amide bonds. The van der Waals surface area contributed by atoms with E-state index in [1.54, 1.807) is 12.3 Å². The molecular weight excluding hydrogens is 372 g/mol. The molecule has 1 N–H and O–H groups in total. The van der Waals surface area contributed by atoms with Crippen molar-refractivity contribution in [3.63, 3.8) is 0 Å². The summed E-state index contributed by atoms with van der Waals surface area (Å²) in [5, 5.41) is 0. The number of H-pyrrole nitrogens is 1. The summed E-state index contributed by atoms with van der Waals surface area (Å²) >= 11 is 5.33. The van der Waals surface area contributed by atoms with Crippen LogP contribution in [-0.2, 0) is 13.0 Å². The van der Waals surface area contributed by atoms with Gasteiger partial charge < -0.3 is 9.30 Å². The molecule has 6 nitrogen and oxygen atoms in total. The minimum absolute atomic E-state index is 0.161. The van der Waals surface area contributed by atoms with Crippen molar-refractivity contribution in [3.8, 4) is 6.01 Å². The monoisotopic (exact) mass is 404 g/mol. The molecule has 2 rings (SSSR count). The molecule has 2 aromatic heterocycles. The molecule has 0 atom stereocenters. The highest BCUT2D eigenvalue weighted by atomic mass is 32.1. The molecule has 0 radical (unpaired) electrons. The molecule has 0 spiro atoms. The summed E-state index contributed by atoms with van der Waals surface area (Å²) in [6.45, 7) is 3.07. The highest BCUT2D eigenvalue weighted by molar-refractivity contribution is 7.71. The topological polar surface area (TPSA) is 72.8 Å². The van der Waals surface area contributed by atoms with Crippen molar-refractivity contribution in [2.75, 3.05) is 7.11 Å². The third kappa shape index (κ3) is 7.54. The van der Waals surface area contributed by atoms with Crippen LogP contribution in [0.1, 0.15) is 76.0 Å². The number of aromatic nitrogens is 4. The summed E-state index contributed by atoms with van der Waals surface area (Å²) in [5.74, 6) is 0. The number of unbranched alkanes of at least 4 members (excludes halogenated alkanes) is 8. The number of hydrogen-bond acceptors (Lipinski definition) is 5. The van der Waals surface area contributed by atoms with Crippen molar-refractivity contribution in [3.05, 3.63) is 44.8 Å². The lowest BCUT2D eigenvalue weighted by atomic mass is 10.1. The second-order valence-electron chi connectivity index (χ2n) is 7.15. The van der Waals surface area contributed by atoms with Gasteiger partial charge >= 0.3 is 6.01 Å². The van der Waals surface area contributed by atoms with Gasteiger partial charge in [0.25, 0.3) is 5.56 Å². The number of ether oxygens (including phenoxy) is 1. The first-order chi connectivity index (χ1) is 13.6. The SMILES string of the molecule is CCCCCCCCCCCn1cc(Cc2ccnc(OC)n2)c(=O)[nH]c1=S. The first-order valence-electron chi connectivity index (χ1n) is 10.3. The first kappa shape index (κ1) is 22.3. The Morgan fingerprint density at radius 3 is 2.46 bits per heavy atom. The largest absolute Gasteiger partial charge is 0.467 e. The Bertz CT molecular complexity index is 832. The summed E-state index contributed by atoms with van der Waals surface area (Å²) in [7, 11) is 1.52. The molecule has 0 unspecified atom stereocenters. The quantitative estimate of drug-likeness (QED) is 0.382. The highest BCUT2D eigenvalue weighted by Gasteiger charge is 2.07. The van der Waals surface area contributed by atoms with Crippen molar-refractivity contribution >= 4 is 12.2 Å². The molecule has 2 heterocycles. The number of aryl methyl sites for hydroxylation is 1. The molecule has 7 heteroatoms. The fraction of sp³-hybridized carbons (Fsp3) is 0.619. The molecular formula is C21H32N4O2S. The molecule has 0 aliphatic heterocycles. The average Bonchev–Trinajstić information content (AvgIpc) is 2.70. The maximum atomic E-state index is 12.3. The van der Waals surface area contributed by atoms with Gasteiger partial charge in [0, 0.05) is 30.9 Å². The lowest BCUT2D eigenvalue weighted by Gasteiger charge is -2.09. The lowest BCUT2D eigenvalue weighted by molar-refractivity contribution is 0.378. The molecule has 2 aromatic rings. The molecule has 0 saturated heterocycles. The minimum Gasteiger partial charge on any atom is -0.467 e. The van der Waals surface area contributed by atoms with Gasteiger partial charge in [-0.05, 0) is 24.7 Å². The van der Waals surface area contributed by atoms with Gasteiger partial charge in [-0.3, -0.25) is 9.78 Å². The van der Waals surface area contributed by atoms with Gasteiger partial charge in [0.2, 0.25) is 0 Å². The summed E-state index contributed by atoms with van der Waals surface area (Å²) in [5.41, 5.74) is 1.22. The predicted octanol–water partition coefficient (Wildman–Crippen LogP) is 4.83. The van der Waals surface area contributed by atoms with Gasteiger partial charge in [0.1, 0.15) is 0 Å². The van der Waals surface area contributed by atoms with E-state index in [-0.39, 0.29) is 5.56 Å².